The summed E-state index contributed by atoms with van der Waals surface area (Å²) in [5.74, 6) is 0. The third kappa shape index (κ3) is 2.84. The second-order valence-electron chi connectivity index (χ2n) is 5.83. The minimum Gasteiger partial charge on any atom is -0.368 e. The fourth-order valence-corrected chi connectivity index (χ4v) is 3.44. The Kier molecular flexibility index (Phi) is 3.80. The predicted molar refractivity (Wildman–Crippen MR) is 97.6 cm³/mol. The van der Waals surface area contributed by atoms with Gasteiger partial charge in [0.15, 0.2) is 0 Å². The molecule has 2 heterocycles. The van der Waals surface area contributed by atoms with Crippen molar-refractivity contribution in [3.63, 3.8) is 0 Å². The highest BCUT2D eigenvalue weighted by molar-refractivity contribution is 6.30. The maximum atomic E-state index is 6.11. The van der Waals surface area contributed by atoms with Crippen molar-refractivity contribution in [2.24, 2.45) is 0 Å². The first-order valence-corrected chi connectivity index (χ1v) is 8.27. The van der Waals surface area contributed by atoms with Crippen molar-refractivity contribution in [1.29, 1.82) is 0 Å². The topological polar surface area (TPSA) is 19.4 Å². The van der Waals surface area contributed by atoms with Crippen molar-refractivity contribution in [2.45, 2.75) is 0 Å². The van der Waals surface area contributed by atoms with Gasteiger partial charge in [-0.3, -0.25) is 4.98 Å². The molecular formula is C19H18ClN3. The number of rotatable bonds is 2. The summed E-state index contributed by atoms with van der Waals surface area (Å²) < 4.78 is 0. The summed E-state index contributed by atoms with van der Waals surface area (Å²) in [4.78, 5) is 9.08. The van der Waals surface area contributed by atoms with E-state index in [1.54, 1.807) is 0 Å². The molecule has 1 aliphatic rings. The first-order chi connectivity index (χ1) is 11.3. The van der Waals surface area contributed by atoms with Gasteiger partial charge in [-0.15, -0.1) is 0 Å². The van der Waals surface area contributed by atoms with Gasteiger partial charge in [-0.1, -0.05) is 29.8 Å². The number of nitrogens with zero attached hydrogens (tertiary/aromatic N) is 3. The van der Waals surface area contributed by atoms with Crippen molar-refractivity contribution in [1.82, 2.24) is 4.98 Å². The fraction of sp³-hybridized carbons (Fsp3) is 0.211. The van der Waals surface area contributed by atoms with Gasteiger partial charge < -0.3 is 9.80 Å². The van der Waals surface area contributed by atoms with Gasteiger partial charge in [-0.2, -0.15) is 0 Å². The largest absolute Gasteiger partial charge is 0.368 e. The standard InChI is InChI=1S/C19H18ClN3/c20-16-4-2-5-17(13-16)22-9-11-23(12-10-22)19-6-1-3-15-14-21-8-7-18(15)19/h1-8,13-14H,9-12H2. The lowest BCUT2D eigenvalue weighted by Gasteiger charge is -2.37. The van der Waals surface area contributed by atoms with Gasteiger partial charge in [-0.25, -0.2) is 0 Å². The summed E-state index contributed by atoms with van der Waals surface area (Å²) in [5.41, 5.74) is 2.51. The summed E-state index contributed by atoms with van der Waals surface area (Å²) in [5, 5.41) is 3.27. The van der Waals surface area contributed by atoms with Crippen LogP contribution in [0.3, 0.4) is 0 Å². The zero-order valence-electron chi connectivity index (χ0n) is 12.8. The van der Waals surface area contributed by atoms with Crippen LogP contribution in [0.5, 0.6) is 0 Å². The third-order valence-corrected chi connectivity index (χ3v) is 4.69. The predicted octanol–water partition coefficient (Wildman–Crippen LogP) is 4.21. The molecule has 0 aliphatic carbocycles. The Morgan fingerprint density at radius 3 is 2.48 bits per heavy atom. The van der Waals surface area contributed by atoms with E-state index < -0.39 is 0 Å². The van der Waals surface area contributed by atoms with Crippen molar-refractivity contribution in [3.05, 3.63) is 65.9 Å². The quantitative estimate of drug-likeness (QED) is 0.704. The molecule has 0 N–H and O–H groups in total. The molecule has 0 saturated carbocycles. The second kappa shape index (κ2) is 6.09. The van der Waals surface area contributed by atoms with Crippen LogP contribution in [0.25, 0.3) is 10.8 Å². The molecule has 1 saturated heterocycles. The lowest BCUT2D eigenvalue weighted by atomic mass is 10.1. The average Bonchev–Trinajstić information content (AvgIpc) is 2.61. The summed E-state index contributed by atoms with van der Waals surface area (Å²) >= 11 is 6.11. The number of piperazine rings is 1. The summed E-state index contributed by atoms with van der Waals surface area (Å²) in [6.45, 7) is 4.02. The van der Waals surface area contributed by atoms with Gasteiger partial charge in [0.05, 0.1) is 0 Å². The lowest BCUT2D eigenvalue weighted by Crippen LogP contribution is -2.46. The number of halogens is 1. The first kappa shape index (κ1) is 14.3. The molecule has 2 aromatic carbocycles. The highest BCUT2D eigenvalue weighted by atomic mass is 35.5. The monoisotopic (exact) mass is 323 g/mol. The molecule has 23 heavy (non-hydrogen) atoms. The molecule has 3 aromatic rings. The Labute approximate surface area is 141 Å². The number of fused-ring (bicyclic) bond motifs is 1. The van der Waals surface area contributed by atoms with Gasteiger partial charge in [0, 0.05) is 65.7 Å². The number of benzene rings is 2. The summed E-state index contributed by atoms with van der Waals surface area (Å²) in [6, 6.07) is 16.7. The van der Waals surface area contributed by atoms with Crippen LogP contribution in [-0.2, 0) is 0 Å². The smallest absolute Gasteiger partial charge is 0.0448 e. The Hall–Kier alpha value is -2.26. The highest BCUT2D eigenvalue weighted by Crippen LogP contribution is 2.28. The van der Waals surface area contributed by atoms with Crippen LogP contribution >= 0.6 is 11.6 Å². The molecule has 0 unspecified atom stereocenters. The molecule has 0 spiro atoms. The van der Waals surface area contributed by atoms with E-state index in [9.17, 15) is 0 Å². The number of hydrogen-bond acceptors (Lipinski definition) is 3. The van der Waals surface area contributed by atoms with E-state index in [0.717, 1.165) is 31.2 Å². The second-order valence-corrected chi connectivity index (χ2v) is 6.26. The zero-order chi connectivity index (χ0) is 15.6. The summed E-state index contributed by atoms with van der Waals surface area (Å²) in [6.07, 6.45) is 3.80. The normalized spacial score (nSPS) is 15.2. The molecule has 4 rings (SSSR count). The molecule has 1 aliphatic heterocycles. The van der Waals surface area contributed by atoms with Crippen LogP contribution in [0.4, 0.5) is 11.4 Å². The molecular weight excluding hydrogens is 306 g/mol. The minimum atomic E-state index is 0.798. The van der Waals surface area contributed by atoms with Crippen LogP contribution in [0.1, 0.15) is 0 Å². The van der Waals surface area contributed by atoms with Gasteiger partial charge in [-0.05, 0) is 30.3 Å². The van der Waals surface area contributed by atoms with E-state index in [1.165, 1.54) is 22.1 Å². The van der Waals surface area contributed by atoms with E-state index >= 15 is 0 Å². The number of aromatic nitrogens is 1. The van der Waals surface area contributed by atoms with Crippen molar-refractivity contribution in [2.75, 3.05) is 36.0 Å². The van der Waals surface area contributed by atoms with Gasteiger partial charge >= 0.3 is 0 Å². The average molecular weight is 324 g/mol. The molecule has 1 fully saturated rings. The Morgan fingerprint density at radius 1 is 0.870 bits per heavy atom. The van der Waals surface area contributed by atoms with Gasteiger partial charge in [0.2, 0.25) is 0 Å². The number of anilines is 2. The Morgan fingerprint density at radius 2 is 1.65 bits per heavy atom. The van der Waals surface area contributed by atoms with E-state index in [0.29, 0.717) is 0 Å². The number of hydrogen-bond donors (Lipinski definition) is 0. The molecule has 3 nitrogen and oxygen atoms in total. The SMILES string of the molecule is Clc1cccc(N2CCN(c3cccc4cnccc34)CC2)c1. The first-order valence-electron chi connectivity index (χ1n) is 7.89. The molecule has 1 aromatic heterocycles. The third-order valence-electron chi connectivity index (χ3n) is 4.45. The summed E-state index contributed by atoms with van der Waals surface area (Å²) in [7, 11) is 0. The minimum absolute atomic E-state index is 0.798. The fourth-order valence-electron chi connectivity index (χ4n) is 3.26. The van der Waals surface area contributed by atoms with E-state index in [4.69, 9.17) is 11.6 Å². The maximum absolute atomic E-state index is 6.11. The molecule has 0 radical (unpaired) electrons. The Bertz CT molecular complexity index is 820. The molecule has 116 valence electrons. The van der Waals surface area contributed by atoms with Crippen LogP contribution < -0.4 is 9.80 Å². The van der Waals surface area contributed by atoms with Crippen molar-refractivity contribution in [3.8, 4) is 0 Å². The van der Waals surface area contributed by atoms with Crippen molar-refractivity contribution < 1.29 is 0 Å². The Balaban J connectivity index is 1.55. The molecule has 0 amide bonds. The van der Waals surface area contributed by atoms with Crippen LogP contribution in [-0.4, -0.2) is 31.2 Å². The van der Waals surface area contributed by atoms with Crippen LogP contribution in [0.15, 0.2) is 60.9 Å². The van der Waals surface area contributed by atoms with Crippen molar-refractivity contribution >= 4 is 33.7 Å². The van der Waals surface area contributed by atoms with Crippen LogP contribution in [0.2, 0.25) is 5.02 Å². The van der Waals surface area contributed by atoms with Gasteiger partial charge in [0.1, 0.15) is 0 Å². The highest BCUT2D eigenvalue weighted by Gasteiger charge is 2.19. The van der Waals surface area contributed by atoms with Crippen LogP contribution in [0, 0.1) is 0 Å². The number of pyridine rings is 1. The lowest BCUT2D eigenvalue weighted by molar-refractivity contribution is 0.655. The van der Waals surface area contributed by atoms with E-state index in [2.05, 4.69) is 45.1 Å². The molecule has 0 bridgehead atoms. The van der Waals surface area contributed by atoms with E-state index in [1.807, 2.05) is 30.6 Å². The molecule has 4 heteroatoms. The maximum Gasteiger partial charge on any atom is 0.0448 e. The zero-order valence-corrected chi connectivity index (χ0v) is 13.6. The van der Waals surface area contributed by atoms with Gasteiger partial charge in [0.25, 0.3) is 0 Å². The van der Waals surface area contributed by atoms with E-state index in [-0.39, 0.29) is 0 Å². The molecule has 0 atom stereocenters.